The average molecular weight is 506 g/mol. The molecule has 176 valence electrons. The maximum absolute atomic E-state index is 13.5. The third kappa shape index (κ3) is 4.45. The fourth-order valence-electron chi connectivity index (χ4n) is 3.94. The summed E-state index contributed by atoms with van der Waals surface area (Å²) in [6.45, 7) is 1.58. The zero-order valence-electron chi connectivity index (χ0n) is 17.9. The van der Waals surface area contributed by atoms with Gasteiger partial charge in [-0.05, 0) is 60.3 Å². The molecule has 5 rings (SSSR count). The minimum absolute atomic E-state index is 0.0292. The molecule has 0 radical (unpaired) electrons. The number of fused-ring (bicyclic) bond motifs is 1. The predicted molar refractivity (Wildman–Crippen MR) is 128 cm³/mol. The second-order valence-corrected chi connectivity index (χ2v) is 9.57. The number of alkyl halides is 3. The summed E-state index contributed by atoms with van der Waals surface area (Å²) in [5, 5.41) is 8.97. The maximum atomic E-state index is 13.5. The smallest absolute Gasteiger partial charge is 0.348 e. The molecule has 0 aliphatic carbocycles. The Morgan fingerprint density at radius 1 is 1.24 bits per heavy atom. The molecule has 1 saturated heterocycles. The Morgan fingerprint density at radius 2 is 2.03 bits per heavy atom. The van der Waals surface area contributed by atoms with Crippen LogP contribution in [0.5, 0.6) is 0 Å². The van der Waals surface area contributed by atoms with Crippen LogP contribution in [-0.2, 0) is 17.5 Å². The van der Waals surface area contributed by atoms with Crippen molar-refractivity contribution in [1.29, 1.82) is 0 Å². The monoisotopic (exact) mass is 505 g/mol. The Kier molecular flexibility index (Phi) is 5.91. The first-order valence-electron chi connectivity index (χ1n) is 10.5. The highest BCUT2D eigenvalue weighted by Crippen LogP contribution is 2.35. The first-order chi connectivity index (χ1) is 16.2. The number of amidine groups is 1. The minimum Gasteiger partial charge on any atom is -0.348 e. The van der Waals surface area contributed by atoms with Crippen LogP contribution in [0.4, 0.5) is 13.2 Å². The third-order valence-electron chi connectivity index (χ3n) is 5.83. The van der Waals surface area contributed by atoms with E-state index in [4.69, 9.17) is 11.6 Å². The van der Waals surface area contributed by atoms with Crippen molar-refractivity contribution in [2.75, 3.05) is 20.1 Å². The molecule has 1 amide bonds. The molecular weight excluding hydrogens is 487 g/mol. The number of carbonyl (C=O) groups excluding carboxylic acids is 1. The molecule has 2 aromatic carbocycles. The Hall–Kier alpha value is -2.82. The van der Waals surface area contributed by atoms with Crippen molar-refractivity contribution in [2.24, 2.45) is 4.99 Å². The highest BCUT2D eigenvalue weighted by atomic mass is 35.5. The molecule has 1 fully saturated rings. The molecule has 0 atom stereocenters. The Morgan fingerprint density at radius 3 is 2.76 bits per heavy atom. The van der Waals surface area contributed by atoms with E-state index in [0.29, 0.717) is 21.6 Å². The van der Waals surface area contributed by atoms with Crippen LogP contribution in [0.25, 0.3) is 17.0 Å². The summed E-state index contributed by atoms with van der Waals surface area (Å²) >= 11 is 7.13. The van der Waals surface area contributed by atoms with Gasteiger partial charge in [0.25, 0.3) is 5.91 Å². The van der Waals surface area contributed by atoms with Crippen molar-refractivity contribution in [3.63, 3.8) is 0 Å². The van der Waals surface area contributed by atoms with Gasteiger partial charge in [0.1, 0.15) is 0 Å². The van der Waals surface area contributed by atoms with Crippen LogP contribution in [-0.4, -0.2) is 51.9 Å². The fraction of sp³-hybridized carbons (Fsp3) is 0.261. The van der Waals surface area contributed by atoms with Crippen molar-refractivity contribution in [3.8, 4) is 0 Å². The van der Waals surface area contributed by atoms with Gasteiger partial charge in [-0.25, -0.2) is 0 Å². The number of benzene rings is 2. The van der Waals surface area contributed by atoms with Crippen molar-refractivity contribution in [3.05, 3.63) is 69.2 Å². The van der Waals surface area contributed by atoms with Crippen LogP contribution >= 0.6 is 23.4 Å². The van der Waals surface area contributed by atoms with Gasteiger partial charge in [0.05, 0.1) is 28.7 Å². The van der Waals surface area contributed by atoms with Crippen LogP contribution in [0.15, 0.2) is 52.5 Å². The van der Waals surface area contributed by atoms with E-state index in [2.05, 4.69) is 20.3 Å². The summed E-state index contributed by atoms with van der Waals surface area (Å²) in [5.41, 5.74) is 0.780. The van der Waals surface area contributed by atoms with Crippen molar-refractivity contribution in [1.82, 2.24) is 20.0 Å². The van der Waals surface area contributed by atoms with Crippen LogP contribution in [0, 0.1) is 0 Å². The lowest BCUT2D eigenvalue weighted by Crippen LogP contribution is -2.58. The Labute approximate surface area is 202 Å². The number of nitrogens with zero attached hydrogens (tertiary/aromatic N) is 4. The van der Waals surface area contributed by atoms with Crippen LogP contribution in [0.2, 0.25) is 5.02 Å². The van der Waals surface area contributed by atoms with Gasteiger partial charge in [-0.1, -0.05) is 23.7 Å². The van der Waals surface area contributed by atoms with Crippen LogP contribution in [0.1, 0.15) is 16.7 Å². The van der Waals surface area contributed by atoms with Gasteiger partial charge in [0, 0.05) is 29.5 Å². The maximum Gasteiger partial charge on any atom is 0.416 e. The minimum atomic E-state index is -4.51. The number of hydrogen-bond donors (Lipinski definition) is 1. The number of aliphatic imine (C=N–C) groups is 1. The zero-order valence-corrected chi connectivity index (χ0v) is 19.5. The number of thioether (sulfide) groups is 1. The van der Waals surface area contributed by atoms with Gasteiger partial charge in [-0.15, -0.1) is 0 Å². The van der Waals surface area contributed by atoms with E-state index >= 15 is 0 Å². The summed E-state index contributed by atoms with van der Waals surface area (Å²) in [6.07, 6.45) is -1.14. The number of aromatic nitrogens is 2. The van der Waals surface area contributed by atoms with Crippen LogP contribution < -0.4 is 5.32 Å². The Balaban J connectivity index is 1.36. The van der Waals surface area contributed by atoms with Crippen molar-refractivity contribution in [2.45, 2.75) is 18.8 Å². The summed E-state index contributed by atoms with van der Waals surface area (Å²) in [5.74, 6) is -0.272. The fourth-order valence-corrected chi connectivity index (χ4v) is 5.04. The van der Waals surface area contributed by atoms with E-state index in [-0.39, 0.29) is 23.0 Å². The molecule has 3 aromatic rings. The lowest BCUT2D eigenvalue weighted by Gasteiger charge is -2.39. The normalized spacial score (nSPS) is 18.1. The molecule has 3 heterocycles. The summed E-state index contributed by atoms with van der Waals surface area (Å²) in [7, 11) is 1.91. The molecule has 1 aromatic heterocycles. The third-order valence-corrected chi connectivity index (χ3v) is 7.11. The number of likely N-dealkylation sites (N-methyl/N-ethyl adjacent to an activating group) is 1. The molecule has 11 heteroatoms. The number of amides is 1. The molecule has 2 aliphatic rings. The number of nitrogens with one attached hydrogen (secondary N) is 1. The van der Waals surface area contributed by atoms with E-state index < -0.39 is 11.7 Å². The van der Waals surface area contributed by atoms with Gasteiger partial charge >= 0.3 is 6.18 Å². The SMILES string of the molecule is CNC1CN(C2=NC(=O)/C(=C\c3ccc4c(cnn4Cc4ccc(Cl)cc4C(F)(F)F)c3)S2)C1. The number of likely N-dealkylation sites (tertiary alicyclic amines) is 1. The molecular formula is C23H19ClF3N5OS. The molecule has 1 N–H and O–H groups in total. The molecule has 6 nitrogen and oxygen atoms in total. The quantitative estimate of drug-likeness (QED) is 0.524. The van der Waals surface area contributed by atoms with Gasteiger partial charge < -0.3 is 10.2 Å². The standard InChI is InChI=1S/C23H19ClF3N5OS/c1-28-17-11-31(12-17)22-30-21(33)20(34-22)7-13-2-5-19-15(6-13)9-29-32(19)10-14-3-4-16(24)8-18(14)23(25,26)27/h2-9,17,28H,10-12H2,1H3/b20-7+. The van der Waals surface area contributed by atoms with Crippen LogP contribution in [0.3, 0.4) is 0 Å². The summed E-state index contributed by atoms with van der Waals surface area (Å²) in [6, 6.07) is 9.60. The number of halogens is 4. The lowest BCUT2D eigenvalue weighted by atomic mass is 10.1. The van der Waals surface area contributed by atoms with E-state index in [1.807, 2.05) is 19.2 Å². The highest BCUT2D eigenvalue weighted by molar-refractivity contribution is 8.18. The highest BCUT2D eigenvalue weighted by Gasteiger charge is 2.34. The lowest BCUT2D eigenvalue weighted by molar-refractivity contribution is -0.138. The molecule has 2 aliphatic heterocycles. The molecule has 0 bridgehead atoms. The molecule has 34 heavy (non-hydrogen) atoms. The molecule has 0 spiro atoms. The van der Waals surface area contributed by atoms with E-state index in [1.165, 1.54) is 28.6 Å². The number of hydrogen-bond acceptors (Lipinski definition) is 5. The first-order valence-corrected chi connectivity index (χ1v) is 11.7. The van der Waals surface area contributed by atoms with E-state index in [0.717, 1.165) is 30.1 Å². The van der Waals surface area contributed by atoms with Crippen molar-refractivity contribution < 1.29 is 18.0 Å². The average Bonchev–Trinajstić information content (AvgIpc) is 3.31. The largest absolute Gasteiger partial charge is 0.416 e. The van der Waals surface area contributed by atoms with E-state index in [9.17, 15) is 18.0 Å². The van der Waals surface area contributed by atoms with Gasteiger partial charge in [-0.2, -0.15) is 23.3 Å². The number of carbonyl (C=O) groups is 1. The second-order valence-electron chi connectivity index (χ2n) is 8.12. The first kappa shape index (κ1) is 22.9. The topological polar surface area (TPSA) is 62.5 Å². The molecule has 0 saturated carbocycles. The summed E-state index contributed by atoms with van der Waals surface area (Å²) in [4.78, 5) is 19.1. The van der Waals surface area contributed by atoms with Crippen molar-refractivity contribution >= 4 is 51.4 Å². The molecule has 0 unspecified atom stereocenters. The Bertz CT molecular complexity index is 1340. The predicted octanol–water partition coefficient (Wildman–Crippen LogP) is 4.63. The summed E-state index contributed by atoms with van der Waals surface area (Å²) < 4.78 is 41.9. The zero-order chi connectivity index (χ0) is 24.0. The number of rotatable bonds is 4. The second kappa shape index (κ2) is 8.75. The van der Waals surface area contributed by atoms with Gasteiger partial charge in [0.2, 0.25) is 0 Å². The van der Waals surface area contributed by atoms with Gasteiger partial charge in [-0.3, -0.25) is 9.48 Å². The van der Waals surface area contributed by atoms with Gasteiger partial charge in [0.15, 0.2) is 5.17 Å². The van der Waals surface area contributed by atoms with E-state index in [1.54, 1.807) is 18.3 Å².